The first kappa shape index (κ1) is 12.6. The largest absolute Gasteiger partial charge is 0.394 e. The predicted molar refractivity (Wildman–Crippen MR) is 75.1 cm³/mol. The van der Waals surface area contributed by atoms with E-state index in [0.717, 1.165) is 30.7 Å². The van der Waals surface area contributed by atoms with Crippen LogP contribution in [-0.2, 0) is 6.54 Å². The van der Waals surface area contributed by atoms with E-state index in [0.29, 0.717) is 0 Å². The van der Waals surface area contributed by atoms with Crippen LogP contribution in [0.15, 0.2) is 24.5 Å². The maximum atomic E-state index is 9.61. The van der Waals surface area contributed by atoms with Crippen LogP contribution in [-0.4, -0.2) is 26.6 Å². The second-order valence-corrected chi connectivity index (χ2v) is 5.68. The van der Waals surface area contributed by atoms with E-state index in [-0.39, 0.29) is 12.1 Å². The third kappa shape index (κ3) is 2.38. The van der Waals surface area contributed by atoms with Gasteiger partial charge in [-0.05, 0) is 37.5 Å². The van der Waals surface area contributed by atoms with Gasteiger partial charge in [0.2, 0.25) is 0 Å². The highest BCUT2D eigenvalue weighted by Gasteiger charge is 2.32. The van der Waals surface area contributed by atoms with Crippen LogP contribution in [0.5, 0.6) is 0 Å². The number of aliphatic hydroxyl groups excluding tert-OH is 1. The van der Waals surface area contributed by atoms with Gasteiger partial charge in [-0.15, -0.1) is 0 Å². The Morgan fingerprint density at radius 1 is 1.42 bits per heavy atom. The van der Waals surface area contributed by atoms with Crippen molar-refractivity contribution < 1.29 is 5.11 Å². The van der Waals surface area contributed by atoms with Crippen LogP contribution in [0.2, 0.25) is 0 Å². The fraction of sp³-hybridized carbons (Fsp3) is 0.533. The van der Waals surface area contributed by atoms with Gasteiger partial charge in [0, 0.05) is 18.3 Å². The lowest BCUT2D eigenvalue weighted by Crippen LogP contribution is -2.45. The van der Waals surface area contributed by atoms with E-state index in [9.17, 15) is 5.11 Å². The fourth-order valence-corrected chi connectivity index (χ4v) is 2.99. The lowest BCUT2D eigenvalue weighted by atomic mass is 9.99. The van der Waals surface area contributed by atoms with Crippen LogP contribution in [0.4, 0.5) is 0 Å². The maximum Gasteiger partial charge on any atom is 0.137 e. The number of nitrogens with zero attached hydrogens (tertiary/aromatic N) is 2. The van der Waals surface area contributed by atoms with E-state index in [2.05, 4.69) is 40.0 Å². The zero-order valence-corrected chi connectivity index (χ0v) is 11.4. The summed E-state index contributed by atoms with van der Waals surface area (Å²) < 4.78 is 2.11. The average molecular weight is 259 g/mol. The highest BCUT2D eigenvalue weighted by Crippen LogP contribution is 2.29. The summed E-state index contributed by atoms with van der Waals surface area (Å²) in [4.78, 5) is 4.43. The Hall–Kier alpha value is -1.39. The summed E-state index contributed by atoms with van der Waals surface area (Å²) in [5.41, 5.74) is 3.28. The van der Waals surface area contributed by atoms with Crippen molar-refractivity contribution in [2.24, 2.45) is 0 Å². The standard InChI is InChI=1S/C15H21N3O/c1-12-4-7-18-13(9-16-14(18)8-12)10-17-15(11-19)5-2-3-6-15/h4,7-9,17,19H,2-3,5-6,10-11H2,1H3. The smallest absolute Gasteiger partial charge is 0.137 e. The van der Waals surface area contributed by atoms with E-state index < -0.39 is 0 Å². The number of fused-ring (bicyclic) bond motifs is 1. The zero-order chi connectivity index (χ0) is 13.3. The molecule has 0 radical (unpaired) electrons. The quantitative estimate of drug-likeness (QED) is 0.883. The second kappa shape index (κ2) is 4.94. The number of aliphatic hydroxyl groups is 1. The average Bonchev–Trinajstić information content (AvgIpc) is 3.03. The Kier molecular flexibility index (Phi) is 3.29. The van der Waals surface area contributed by atoms with Crippen molar-refractivity contribution in [3.63, 3.8) is 0 Å². The molecule has 0 saturated heterocycles. The molecule has 0 unspecified atom stereocenters. The Bertz CT molecular complexity index is 570. The summed E-state index contributed by atoms with van der Waals surface area (Å²) in [6.45, 7) is 3.06. The zero-order valence-electron chi connectivity index (χ0n) is 11.4. The van der Waals surface area contributed by atoms with Crippen LogP contribution in [0.3, 0.4) is 0 Å². The van der Waals surface area contributed by atoms with Gasteiger partial charge in [0.05, 0.1) is 18.5 Å². The van der Waals surface area contributed by atoms with Crippen LogP contribution in [0, 0.1) is 6.92 Å². The molecule has 19 heavy (non-hydrogen) atoms. The van der Waals surface area contributed by atoms with Crippen molar-refractivity contribution in [2.75, 3.05) is 6.61 Å². The number of pyridine rings is 1. The number of imidazole rings is 1. The first-order valence-corrected chi connectivity index (χ1v) is 7.01. The second-order valence-electron chi connectivity index (χ2n) is 5.68. The molecule has 1 aliphatic rings. The Balaban J connectivity index is 1.78. The van der Waals surface area contributed by atoms with Gasteiger partial charge < -0.3 is 14.8 Å². The molecule has 4 heteroatoms. The number of hydrogen-bond donors (Lipinski definition) is 2. The number of aryl methyl sites for hydroxylation is 1. The molecular formula is C15H21N3O. The third-order valence-corrected chi connectivity index (χ3v) is 4.25. The minimum atomic E-state index is -0.0746. The molecule has 4 nitrogen and oxygen atoms in total. The molecule has 102 valence electrons. The molecule has 1 aliphatic carbocycles. The predicted octanol–water partition coefficient (Wildman–Crippen LogP) is 2.04. The summed E-state index contributed by atoms with van der Waals surface area (Å²) in [7, 11) is 0. The summed E-state index contributed by atoms with van der Waals surface area (Å²) >= 11 is 0. The Morgan fingerprint density at radius 2 is 2.21 bits per heavy atom. The Labute approximate surface area is 113 Å². The highest BCUT2D eigenvalue weighted by atomic mass is 16.3. The first-order chi connectivity index (χ1) is 9.22. The van der Waals surface area contributed by atoms with Crippen molar-refractivity contribution in [3.8, 4) is 0 Å². The first-order valence-electron chi connectivity index (χ1n) is 7.01. The number of aromatic nitrogens is 2. The third-order valence-electron chi connectivity index (χ3n) is 4.25. The summed E-state index contributed by atoms with van der Waals surface area (Å²) in [6.07, 6.45) is 8.54. The van der Waals surface area contributed by atoms with Gasteiger partial charge >= 0.3 is 0 Å². The van der Waals surface area contributed by atoms with E-state index >= 15 is 0 Å². The Morgan fingerprint density at radius 3 is 2.95 bits per heavy atom. The minimum Gasteiger partial charge on any atom is -0.394 e. The molecule has 2 aromatic rings. The molecular weight excluding hydrogens is 238 g/mol. The summed E-state index contributed by atoms with van der Waals surface area (Å²) in [6, 6.07) is 4.18. The molecule has 0 aliphatic heterocycles. The summed E-state index contributed by atoms with van der Waals surface area (Å²) in [5, 5.41) is 13.2. The van der Waals surface area contributed by atoms with E-state index in [1.807, 2.05) is 6.20 Å². The van der Waals surface area contributed by atoms with Gasteiger partial charge in [-0.1, -0.05) is 12.8 Å². The maximum absolute atomic E-state index is 9.61. The van der Waals surface area contributed by atoms with Crippen molar-refractivity contribution >= 4 is 5.65 Å². The highest BCUT2D eigenvalue weighted by molar-refractivity contribution is 5.42. The molecule has 0 spiro atoms. The monoisotopic (exact) mass is 259 g/mol. The van der Waals surface area contributed by atoms with Crippen molar-refractivity contribution in [1.82, 2.24) is 14.7 Å². The van der Waals surface area contributed by atoms with Gasteiger partial charge in [0.1, 0.15) is 5.65 Å². The SMILES string of the molecule is Cc1ccn2c(CNC3(CO)CCCC3)cnc2c1. The van der Waals surface area contributed by atoms with Crippen molar-refractivity contribution in [3.05, 3.63) is 35.8 Å². The topological polar surface area (TPSA) is 49.6 Å². The van der Waals surface area contributed by atoms with Crippen LogP contribution >= 0.6 is 0 Å². The molecule has 0 atom stereocenters. The van der Waals surface area contributed by atoms with Gasteiger partial charge in [-0.25, -0.2) is 4.98 Å². The number of hydrogen-bond acceptors (Lipinski definition) is 3. The number of rotatable bonds is 4. The fourth-order valence-electron chi connectivity index (χ4n) is 2.99. The lowest BCUT2D eigenvalue weighted by Gasteiger charge is -2.28. The van der Waals surface area contributed by atoms with Gasteiger partial charge in [0.25, 0.3) is 0 Å². The molecule has 0 aromatic carbocycles. The van der Waals surface area contributed by atoms with Crippen LogP contribution < -0.4 is 5.32 Å². The molecule has 2 aromatic heterocycles. The molecule has 0 amide bonds. The van der Waals surface area contributed by atoms with Crippen molar-refractivity contribution in [2.45, 2.75) is 44.7 Å². The van der Waals surface area contributed by atoms with Crippen molar-refractivity contribution in [1.29, 1.82) is 0 Å². The summed E-state index contributed by atoms with van der Waals surface area (Å²) in [5.74, 6) is 0. The molecule has 0 bridgehead atoms. The van der Waals surface area contributed by atoms with E-state index in [1.54, 1.807) is 0 Å². The van der Waals surface area contributed by atoms with Gasteiger partial charge in [-0.2, -0.15) is 0 Å². The number of nitrogens with one attached hydrogen (secondary N) is 1. The van der Waals surface area contributed by atoms with Crippen LogP contribution in [0.25, 0.3) is 5.65 Å². The molecule has 1 fully saturated rings. The van der Waals surface area contributed by atoms with Crippen LogP contribution in [0.1, 0.15) is 36.9 Å². The van der Waals surface area contributed by atoms with E-state index in [1.165, 1.54) is 18.4 Å². The molecule has 1 saturated carbocycles. The molecule has 2 heterocycles. The van der Waals surface area contributed by atoms with E-state index in [4.69, 9.17) is 0 Å². The van der Waals surface area contributed by atoms with Gasteiger partial charge in [0.15, 0.2) is 0 Å². The normalized spacial score (nSPS) is 18.2. The molecule has 3 rings (SSSR count). The van der Waals surface area contributed by atoms with Gasteiger partial charge in [-0.3, -0.25) is 0 Å². The molecule has 2 N–H and O–H groups in total. The lowest BCUT2D eigenvalue weighted by molar-refractivity contribution is 0.162. The minimum absolute atomic E-state index is 0.0746.